The minimum atomic E-state index is -0.414. The van der Waals surface area contributed by atoms with E-state index < -0.39 is 5.92 Å². The number of hydrogen-bond acceptors (Lipinski definition) is 2. The molecule has 0 aliphatic heterocycles. The van der Waals surface area contributed by atoms with Crippen LogP contribution in [0.25, 0.3) is 0 Å². The lowest BCUT2D eigenvalue weighted by Gasteiger charge is -2.05. The fraction of sp³-hybridized carbons (Fsp3) is 0.667. The number of aldehydes is 1. The molecule has 0 N–H and O–H groups in total. The second-order valence-corrected chi connectivity index (χ2v) is 3.49. The van der Waals surface area contributed by atoms with Crippen LogP contribution in [0.2, 0.25) is 0 Å². The van der Waals surface area contributed by atoms with E-state index in [4.69, 9.17) is 0 Å². The molecule has 0 rings (SSSR count). The Morgan fingerprint density at radius 2 is 2.00 bits per heavy atom. The van der Waals surface area contributed by atoms with Crippen molar-refractivity contribution >= 4 is 12.1 Å². The largest absolute Gasteiger partial charge is 0.303 e. The lowest BCUT2D eigenvalue weighted by atomic mass is 9.97. The number of hydrogen-bond donors (Lipinski definition) is 0. The molecule has 0 saturated carbocycles. The fourth-order valence-electron chi connectivity index (χ4n) is 1.36. The molecule has 0 spiro atoms. The maximum Gasteiger partial charge on any atom is 0.165 e. The first-order valence-corrected chi connectivity index (χ1v) is 5.38. The lowest BCUT2D eigenvalue weighted by Crippen LogP contribution is -2.13. The Morgan fingerprint density at radius 3 is 2.50 bits per heavy atom. The van der Waals surface area contributed by atoms with Gasteiger partial charge < -0.3 is 4.79 Å². The third kappa shape index (κ3) is 5.68. The normalized spacial score (nSPS) is 13.0. The highest BCUT2D eigenvalue weighted by Gasteiger charge is 2.13. The van der Waals surface area contributed by atoms with Gasteiger partial charge in [-0.2, -0.15) is 0 Å². The summed E-state index contributed by atoms with van der Waals surface area (Å²) in [7, 11) is 0. The zero-order valence-corrected chi connectivity index (χ0v) is 9.16. The average molecular weight is 196 g/mol. The molecule has 80 valence electrons. The quantitative estimate of drug-likeness (QED) is 0.259. The Hall–Kier alpha value is -0.920. The number of ketones is 1. The van der Waals surface area contributed by atoms with E-state index in [0.717, 1.165) is 19.1 Å². The van der Waals surface area contributed by atoms with E-state index in [1.54, 1.807) is 13.0 Å². The predicted molar refractivity (Wildman–Crippen MR) is 58.1 cm³/mol. The Kier molecular flexibility index (Phi) is 8.10. The summed E-state index contributed by atoms with van der Waals surface area (Å²) in [5.41, 5.74) is 0. The van der Waals surface area contributed by atoms with Gasteiger partial charge in [0.25, 0.3) is 0 Å². The summed E-state index contributed by atoms with van der Waals surface area (Å²) >= 11 is 0. The molecule has 1 unspecified atom stereocenters. The highest BCUT2D eigenvalue weighted by Crippen LogP contribution is 2.10. The molecule has 0 heterocycles. The van der Waals surface area contributed by atoms with E-state index in [0.29, 0.717) is 6.42 Å². The summed E-state index contributed by atoms with van der Waals surface area (Å²) in [6.07, 6.45) is 9.09. The lowest BCUT2D eigenvalue weighted by molar-refractivity contribution is -0.124. The van der Waals surface area contributed by atoms with E-state index in [1.807, 2.05) is 0 Å². The monoisotopic (exact) mass is 196 g/mol. The summed E-state index contributed by atoms with van der Waals surface area (Å²) in [5.74, 6) is -0.470. The standard InChI is InChI=1S/C12H20O2/c1-3-5-6-7-9-11(10-13)12(14)8-4-2/h4,8,10-11H,3,5-7,9H2,1-2H3. The van der Waals surface area contributed by atoms with Gasteiger partial charge in [0, 0.05) is 0 Å². The predicted octanol–water partition coefficient (Wildman–Crippen LogP) is 2.92. The summed E-state index contributed by atoms with van der Waals surface area (Å²) < 4.78 is 0. The number of carbonyl (C=O) groups excluding carboxylic acids is 2. The first kappa shape index (κ1) is 13.1. The van der Waals surface area contributed by atoms with Crippen LogP contribution in [0, 0.1) is 5.92 Å². The van der Waals surface area contributed by atoms with Crippen LogP contribution in [-0.4, -0.2) is 12.1 Å². The molecule has 0 aromatic rings. The Labute approximate surface area is 86.4 Å². The molecule has 0 saturated heterocycles. The summed E-state index contributed by atoms with van der Waals surface area (Å²) in [6, 6.07) is 0. The van der Waals surface area contributed by atoms with Crippen molar-refractivity contribution in [1.29, 1.82) is 0 Å². The highest BCUT2D eigenvalue weighted by atomic mass is 16.1. The van der Waals surface area contributed by atoms with Crippen LogP contribution < -0.4 is 0 Å². The average Bonchev–Trinajstić information content (AvgIpc) is 2.18. The maximum atomic E-state index is 11.3. The van der Waals surface area contributed by atoms with Gasteiger partial charge in [-0.3, -0.25) is 4.79 Å². The Balaban J connectivity index is 3.79. The van der Waals surface area contributed by atoms with Crippen LogP contribution in [0.3, 0.4) is 0 Å². The minimum absolute atomic E-state index is 0.0565. The van der Waals surface area contributed by atoms with Gasteiger partial charge in [-0.1, -0.05) is 38.7 Å². The third-order valence-corrected chi connectivity index (χ3v) is 2.23. The molecule has 0 aliphatic rings. The van der Waals surface area contributed by atoms with Crippen molar-refractivity contribution in [3.63, 3.8) is 0 Å². The molecular weight excluding hydrogens is 176 g/mol. The number of carbonyl (C=O) groups is 2. The van der Waals surface area contributed by atoms with Gasteiger partial charge in [0.1, 0.15) is 6.29 Å². The van der Waals surface area contributed by atoms with Gasteiger partial charge >= 0.3 is 0 Å². The van der Waals surface area contributed by atoms with Crippen LogP contribution in [0.5, 0.6) is 0 Å². The van der Waals surface area contributed by atoms with Crippen molar-refractivity contribution in [3.05, 3.63) is 12.2 Å². The SMILES string of the molecule is CC=CC(=O)C(C=O)CCCCCC. The van der Waals surface area contributed by atoms with Crippen LogP contribution in [0.4, 0.5) is 0 Å². The van der Waals surface area contributed by atoms with Gasteiger partial charge in [-0.15, -0.1) is 0 Å². The molecule has 0 aromatic heterocycles. The molecule has 14 heavy (non-hydrogen) atoms. The van der Waals surface area contributed by atoms with Crippen molar-refractivity contribution in [2.75, 3.05) is 0 Å². The molecule has 2 heteroatoms. The van der Waals surface area contributed by atoms with Crippen LogP contribution in [0.15, 0.2) is 12.2 Å². The van der Waals surface area contributed by atoms with E-state index in [-0.39, 0.29) is 5.78 Å². The van der Waals surface area contributed by atoms with Gasteiger partial charge in [0.2, 0.25) is 0 Å². The molecule has 0 bridgehead atoms. The minimum Gasteiger partial charge on any atom is -0.303 e. The van der Waals surface area contributed by atoms with E-state index in [1.165, 1.54) is 18.9 Å². The molecule has 0 fully saturated rings. The number of unbranched alkanes of at least 4 members (excludes halogenated alkanes) is 3. The summed E-state index contributed by atoms with van der Waals surface area (Å²) in [4.78, 5) is 22.0. The van der Waals surface area contributed by atoms with Crippen LogP contribution in [-0.2, 0) is 9.59 Å². The first-order chi connectivity index (χ1) is 6.76. The van der Waals surface area contributed by atoms with Gasteiger partial charge in [-0.05, 0) is 19.4 Å². The molecule has 0 aromatic carbocycles. The van der Waals surface area contributed by atoms with Crippen molar-refractivity contribution in [2.45, 2.75) is 46.0 Å². The van der Waals surface area contributed by atoms with Crippen molar-refractivity contribution in [2.24, 2.45) is 5.92 Å². The zero-order valence-electron chi connectivity index (χ0n) is 9.16. The fourth-order valence-corrected chi connectivity index (χ4v) is 1.36. The molecule has 2 nitrogen and oxygen atoms in total. The zero-order chi connectivity index (χ0) is 10.8. The van der Waals surface area contributed by atoms with Crippen molar-refractivity contribution < 1.29 is 9.59 Å². The first-order valence-electron chi connectivity index (χ1n) is 5.38. The number of allylic oxidation sites excluding steroid dienone is 2. The topological polar surface area (TPSA) is 34.1 Å². The second-order valence-electron chi connectivity index (χ2n) is 3.49. The molecular formula is C12H20O2. The Morgan fingerprint density at radius 1 is 1.29 bits per heavy atom. The Bertz CT molecular complexity index is 194. The van der Waals surface area contributed by atoms with E-state index >= 15 is 0 Å². The van der Waals surface area contributed by atoms with Gasteiger partial charge in [0.05, 0.1) is 5.92 Å². The molecule has 0 aliphatic carbocycles. The highest BCUT2D eigenvalue weighted by molar-refractivity contribution is 6.00. The van der Waals surface area contributed by atoms with Crippen molar-refractivity contribution in [3.8, 4) is 0 Å². The van der Waals surface area contributed by atoms with Crippen LogP contribution >= 0.6 is 0 Å². The summed E-state index contributed by atoms with van der Waals surface area (Å²) in [6.45, 7) is 3.93. The number of rotatable bonds is 8. The van der Waals surface area contributed by atoms with Crippen LogP contribution in [0.1, 0.15) is 46.0 Å². The molecule has 0 amide bonds. The van der Waals surface area contributed by atoms with E-state index in [2.05, 4.69) is 6.92 Å². The van der Waals surface area contributed by atoms with E-state index in [9.17, 15) is 9.59 Å². The molecule has 1 atom stereocenters. The van der Waals surface area contributed by atoms with Gasteiger partial charge in [0.15, 0.2) is 5.78 Å². The van der Waals surface area contributed by atoms with Crippen molar-refractivity contribution in [1.82, 2.24) is 0 Å². The maximum absolute atomic E-state index is 11.3. The second kappa shape index (κ2) is 8.67. The smallest absolute Gasteiger partial charge is 0.165 e. The van der Waals surface area contributed by atoms with Gasteiger partial charge in [-0.25, -0.2) is 0 Å². The third-order valence-electron chi connectivity index (χ3n) is 2.23. The summed E-state index contributed by atoms with van der Waals surface area (Å²) in [5, 5.41) is 0. The molecule has 0 radical (unpaired) electrons.